The van der Waals surface area contributed by atoms with Gasteiger partial charge in [0.15, 0.2) is 0 Å². The van der Waals surface area contributed by atoms with Gasteiger partial charge in [0.2, 0.25) is 5.91 Å². The van der Waals surface area contributed by atoms with E-state index < -0.39 is 0 Å². The van der Waals surface area contributed by atoms with Crippen LogP contribution < -0.4 is 5.32 Å². The van der Waals surface area contributed by atoms with Crippen LogP contribution >= 0.6 is 0 Å². The van der Waals surface area contributed by atoms with Crippen LogP contribution in [-0.2, 0) is 14.3 Å². The molecule has 1 rings (SSSR count). The van der Waals surface area contributed by atoms with E-state index in [1.54, 1.807) is 0 Å². The van der Waals surface area contributed by atoms with E-state index in [0.717, 1.165) is 32.1 Å². The maximum Gasteiger partial charge on any atom is 0.302 e. The highest BCUT2D eigenvalue weighted by Crippen LogP contribution is 2.24. The smallest absolute Gasteiger partial charge is 0.302 e. The molecule has 0 saturated heterocycles. The van der Waals surface area contributed by atoms with Crippen LogP contribution in [0.3, 0.4) is 0 Å². The number of ether oxygens (including phenoxy) is 1. The van der Waals surface area contributed by atoms with E-state index in [-0.39, 0.29) is 23.8 Å². The van der Waals surface area contributed by atoms with E-state index in [2.05, 4.69) is 5.32 Å². The molecule has 4 heteroatoms. The summed E-state index contributed by atoms with van der Waals surface area (Å²) in [4.78, 5) is 22.4. The van der Waals surface area contributed by atoms with E-state index in [1.807, 2.05) is 6.92 Å². The summed E-state index contributed by atoms with van der Waals surface area (Å²) >= 11 is 0. The maximum absolute atomic E-state index is 11.6. The predicted octanol–water partition coefficient (Wildman–Crippen LogP) is 2.02. The first-order chi connectivity index (χ1) is 8.13. The zero-order valence-corrected chi connectivity index (χ0v) is 10.8. The largest absolute Gasteiger partial charge is 0.465 e. The third-order valence-electron chi connectivity index (χ3n) is 3.23. The second-order valence-electron chi connectivity index (χ2n) is 4.77. The van der Waals surface area contributed by atoms with Crippen LogP contribution in [0.5, 0.6) is 0 Å². The molecular weight excluding hydrogens is 218 g/mol. The van der Waals surface area contributed by atoms with Gasteiger partial charge in [-0.25, -0.2) is 0 Å². The molecule has 0 spiro atoms. The molecule has 0 aliphatic heterocycles. The molecular formula is C13H23NO3. The third kappa shape index (κ3) is 5.20. The number of amides is 1. The molecule has 4 nitrogen and oxygen atoms in total. The Balaban J connectivity index is 2.41. The summed E-state index contributed by atoms with van der Waals surface area (Å²) in [7, 11) is 0. The maximum atomic E-state index is 11.6. The molecule has 0 heterocycles. The van der Waals surface area contributed by atoms with Crippen molar-refractivity contribution in [3.8, 4) is 0 Å². The fourth-order valence-corrected chi connectivity index (χ4v) is 2.33. The molecule has 1 fully saturated rings. The molecule has 1 saturated carbocycles. The molecule has 1 aliphatic carbocycles. The van der Waals surface area contributed by atoms with Gasteiger partial charge >= 0.3 is 5.97 Å². The lowest BCUT2D eigenvalue weighted by molar-refractivity contribution is -0.143. The number of esters is 1. The van der Waals surface area contributed by atoms with Gasteiger partial charge in [-0.3, -0.25) is 9.59 Å². The van der Waals surface area contributed by atoms with Gasteiger partial charge in [0.25, 0.3) is 0 Å². The number of carbonyl (C=O) groups is 2. The standard InChI is InChI=1S/C13H23NO3/c1-3-6-13(16)14-12-8-5-4-7-11(12)9-17-10(2)15/h11-12H,3-9H2,1-2H3,(H,14,16)/t11-,12-/m0/s1. The van der Waals surface area contributed by atoms with Crippen molar-refractivity contribution in [3.63, 3.8) is 0 Å². The molecule has 0 aromatic heterocycles. The summed E-state index contributed by atoms with van der Waals surface area (Å²) < 4.78 is 5.06. The van der Waals surface area contributed by atoms with Crippen molar-refractivity contribution in [2.75, 3.05) is 6.61 Å². The van der Waals surface area contributed by atoms with Crippen molar-refractivity contribution in [3.05, 3.63) is 0 Å². The summed E-state index contributed by atoms with van der Waals surface area (Å²) in [6, 6.07) is 0.183. The van der Waals surface area contributed by atoms with Gasteiger partial charge in [-0.2, -0.15) is 0 Å². The van der Waals surface area contributed by atoms with Crippen LogP contribution in [0.2, 0.25) is 0 Å². The molecule has 1 amide bonds. The van der Waals surface area contributed by atoms with Crippen molar-refractivity contribution in [1.82, 2.24) is 5.32 Å². The average Bonchev–Trinajstić information content (AvgIpc) is 2.28. The minimum atomic E-state index is -0.241. The van der Waals surface area contributed by atoms with Gasteiger partial charge in [-0.15, -0.1) is 0 Å². The summed E-state index contributed by atoms with van der Waals surface area (Å²) in [6.45, 7) is 3.86. The lowest BCUT2D eigenvalue weighted by Gasteiger charge is -2.31. The summed E-state index contributed by atoms with van der Waals surface area (Å²) in [5.74, 6) is 0.162. The number of nitrogens with one attached hydrogen (secondary N) is 1. The summed E-state index contributed by atoms with van der Waals surface area (Å²) in [6.07, 6.45) is 5.79. The molecule has 2 atom stereocenters. The van der Waals surface area contributed by atoms with Gasteiger partial charge < -0.3 is 10.1 Å². The van der Waals surface area contributed by atoms with Crippen molar-refractivity contribution >= 4 is 11.9 Å². The second kappa shape index (κ2) is 7.30. The third-order valence-corrected chi connectivity index (χ3v) is 3.23. The fourth-order valence-electron chi connectivity index (χ4n) is 2.33. The SMILES string of the molecule is CCCC(=O)N[C@H]1CCCC[C@H]1COC(C)=O. The predicted molar refractivity (Wildman–Crippen MR) is 65.4 cm³/mol. The summed E-state index contributed by atoms with van der Waals surface area (Å²) in [5, 5.41) is 3.06. The zero-order valence-electron chi connectivity index (χ0n) is 10.8. The van der Waals surface area contributed by atoms with Crippen LogP contribution in [-0.4, -0.2) is 24.5 Å². The van der Waals surface area contributed by atoms with E-state index in [1.165, 1.54) is 6.92 Å². The topological polar surface area (TPSA) is 55.4 Å². The Bertz CT molecular complexity index is 265. The Labute approximate surface area is 103 Å². The minimum Gasteiger partial charge on any atom is -0.465 e. The van der Waals surface area contributed by atoms with Gasteiger partial charge in [-0.1, -0.05) is 19.8 Å². The first-order valence-corrected chi connectivity index (χ1v) is 6.56. The number of rotatable bonds is 5. The molecule has 1 N–H and O–H groups in total. The van der Waals surface area contributed by atoms with Gasteiger partial charge in [0.1, 0.15) is 0 Å². The van der Waals surface area contributed by atoms with Gasteiger partial charge in [0, 0.05) is 25.3 Å². The highest BCUT2D eigenvalue weighted by atomic mass is 16.5. The number of hydrogen-bond donors (Lipinski definition) is 1. The molecule has 1 aliphatic rings. The van der Waals surface area contributed by atoms with Crippen LogP contribution in [0.1, 0.15) is 52.4 Å². The zero-order chi connectivity index (χ0) is 12.7. The second-order valence-corrected chi connectivity index (χ2v) is 4.77. The van der Waals surface area contributed by atoms with Crippen molar-refractivity contribution < 1.29 is 14.3 Å². The normalized spacial score (nSPS) is 24.1. The molecule has 0 bridgehead atoms. The van der Waals surface area contributed by atoms with Crippen LogP contribution in [0.15, 0.2) is 0 Å². The molecule has 17 heavy (non-hydrogen) atoms. The van der Waals surface area contributed by atoms with Gasteiger partial charge in [0.05, 0.1) is 6.61 Å². The Morgan fingerprint density at radius 1 is 1.29 bits per heavy atom. The fraction of sp³-hybridized carbons (Fsp3) is 0.846. The Kier molecular flexibility index (Phi) is 6.01. The highest BCUT2D eigenvalue weighted by molar-refractivity contribution is 5.76. The van der Waals surface area contributed by atoms with Crippen LogP contribution in [0, 0.1) is 5.92 Å². The van der Waals surface area contributed by atoms with Gasteiger partial charge in [-0.05, 0) is 19.3 Å². The molecule has 0 aromatic rings. The van der Waals surface area contributed by atoms with E-state index >= 15 is 0 Å². The highest BCUT2D eigenvalue weighted by Gasteiger charge is 2.27. The average molecular weight is 241 g/mol. The monoisotopic (exact) mass is 241 g/mol. The first kappa shape index (κ1) is 14.0. The van der Waals surface area contributed by atoms with Crippen LogP contribution in [0.25, 0.3) is 0 Å². The van der Waals surface area contributed by atoms with E-state index in [4.69, 9.17) is 4.74 Å². The minimum absolute atomic E-state index is 0.118. The van der Waals surface area contributed by atoms with Crippen molar-refractivity contribution in [2.45, 2.75) is 58.4 Å². The number of carbonyl (C=O) groups excluding carboxylic acids is 2. The lowest BCUT2D eigenvalue weighted by Crippen LogP contribution is -2.43. The molecule has 98 valence electrons. The van der Waals surface area contributed by atoms with E-state index in [0.29, 0.717) is 13.0 Å². The Morgan fingerprint density at radius 3 is 2.65 bits per heavy atom. The molecule has 0 aromatic carbocycles. The number of hydrogen-bond acceptors (Lipinski definition) is 3. The van der Waals surface area contributed by atoms with Crippen molar-refractivity contribution in [2.24, 2.45) is 5.92 Å². The Hall–Kier alpha value is -1.06. The molecule has 0 unspecified atom stereocenters. The molecule has 0 radical (unpaired) electrons. The van der Waals surface area contributed by atoms with E-state index in [9.17, 15) is 9.59 Å². The Morgan fingerprint density at radius 2 is 2.00 bits per heavy atom. The van der Waals surface area contributed by atoms with Crippen molar-refractivity contribution in [1.29, 1.82) is 0 Å². The lowest BCUT2D eigenvalue weighted by atomic mass is 9.85. The summed E-state index contributed by atoms with van der Waals surface area (Å²) in [5.41, 5.74) is 0. The first-order valence-electron chi connectivity index (χ1n) is 6.56. The quantitative estimate of drug-likeness (QED) is 0.749. The van der Waals surface area contributed by atoms with Crippen LogP contribution in [0.4, 0.5) is 0 Å².